The molecule has 2 N–H and O–H groups in total. The number of carbonyl (C=O) groups excluding carboxylic acids is 2. The van der Waals surface area contributed by atoms with Gasteiger partial charge in [-0.2, -0.15) is 22.7 Å². The molecule has 5 aliphatic rings. The second-order valence-corrected chi connectivity index (χ2v) is 14.8. The first kappa shape index (κ1) is 33.0. The molecular weight excluding hydrogens is 705 g/mol. The Morgan fingerprint density at radius 3 is 2.77 bits per heavy atom. The van der Waals surface area contributed by atoms with Crippen molar-refractivity contribution >= 4 is 40.5 Å². The van der Waals surface area contributed by atoms with E-state index < -0.39 is 23.1 Å². The Labute approximate surface area is 298 Å². The Kier molecular flexibility index (Phi) is 7.20. The lowest BCUT2D eigenvalue weighted by atomic mass is 9.69. The molecule has 5 heterocycles. The largest absolute Gasteiger partial charge is 0.504 e. The molecule has 2 saturated carbocycles. The summed E-state index contributed by atoms with van der Waals surface area (Å²) in [7, 11) is 0. The average molecular weight is 737 g/mol. The topological polar surface area (TPSA) is 157 Å². The molecule has 6 atom stereocenters. The average Bonchev–Trinajstić information content (AvgIpc) is 3.96. The van der Waals surface area contributed by atoms with Crippen molar-refractivity contribution in [2.45, 2.75) is 63.2 Å². The van der Waals surface area contributed by atoms with Crippen molar-refractivity contribution < 1.29 is 32.6 Å². The molecule has 1 saturated heterocycles. The van der Waals surface area contributed by atoms with Crippen LogP contribution in [0.1, 0.15) is 70.9 Å². The number of hydrogen-bond donors (Lipinski definition) is 2. The third kappa shape index (κ3) is 4.75. The van der Waals surface area contributed by atoms with Gasteiger partial charge in [-0.25, -0.2) is 9.97 Å². The lowest BCUT2D eigenvalue weighted by molar-refractivity contribution is -0.137. The van der Waals surface area contributed by atoms with Gasteiger partial charge in [0.05, 0.1) is 35.2 Å². The second kappa shape index (κ2) is 11.3. The molecule has 9 rings (SSSR count). The number of benzene rings is 1. The van der Waals surface area contributed by atoms with Crippen LogP contribution in [0.3, 0.4) is 0 Å². The lowest BCUT2D eigenvalue weighted by Gasteiger charge is -2.41. The van der Waals surface area contributed by atoms with Crippen LogP contribution in [-0.2, 0) is 27.7 Å². The SMILES string of the molecule is Cc1ncnc(C(=O)N2CC[C@@]3(c4c(n(CC(=O)Nc5ccc(C(F)(F)F)cc5Cl)c5nc(C6=CCOCC6)nn5c4=O)[C@@H]4[C@H](C)[C@@H]43)[C@@H]3C[C@@H]32)c1O. The number of aromatic hydroxyl groups is 1. The summed E-state index contributed by atoms with van der Waals surface area (Å²) in [6.45, 7) is 4.59. The van der Waals surface area contributed by atoms with Crippen LogP contribution in [0.5, 0.6) is 5.75 Å². The van der Waals surface area contributed by atoms with E-state index in [-0.39, 0.29) is 75.7 Å². The zero-order valence-electron chi connectivity index (χ0n) is 27.9. The van der Waals surface area contributed by atoms with Gasteiger partial charge < -0.3 is 24.6 Å². The van der Waals surface area contributed by atoms with Gasteiger partial charge in [0.15, 0.2) is 17.3 Å². The maximum Gasteiger partial charge on any atom is 0.416 e. The minimum absolute atomic E-state index is 0.0137. The van der Waals surface area contributed by atoms with Crippen molar-refractivity contribution in [3.63, 3.8) is 0 Å². The van der Waals surface area contributed by atoms with Crippen LogP contribution in [0.4, 0.5) is 18.9 Å². The molecule has 2 aliphatic heterocycles. The van der Waals surface area contributed by atoms with Crippen LogP contribution in [0, 0.1) is 24.7 Å². The van der Waals surface area contributed by atoms with E-state index in [1.54, 1.807) is 16.4 Å². The van der Waals surface area contributed by atoms with Crippen LogP contribution in [0.15, 0.2) is 35.4 Å². The summed E-state index contributed by atoms with van der Waals surface area (Å²) in [6, 6.07) is 2.54. The Morgan fingerprint density at radius 1 is 1.23 bits per heavy atom. The summed E-state index contributed by atoms with van der Waals surface area (Å²) >= 11 is 6.18. The van der Waals surface area contributed by atoms with E-state index >= 15 is 0 Å². The maximum absolute atomic E-state index is 14.7. The third-order valence-electron chi connectivity index (χ3n) is 11.7. The number of aromatic nitrogens is 6. The van der Waals surface area contributed by atoms with E-state index in [0.717, 1.165) is 23.8 Å². The number of anilines is 1. The van der Waals surface area contributed by atoms with Crippen LogP contribution in [-0.4, -0.2) is 76.8 Å². The van der Waals surface area contributed by atoms with Gasteiger partial charge in [-0.15, -0.1) is 5.10 Å². The van der Waals surface area contributed by atoms with Gasteiger partial charge in [0.25, 0.3) is 11.5 Å². The van der Waals surface area contributed by atoms with Crippen molar-refractivity contribution in [1.82, 2.24) is 34.0 Å². The van der Waals surface area contributed by atoms with E-state index in [4.69, 9.17) is 21.3 Å². The molecule has 3 fully saturated rings. The predicted octanol–water partition coefficient (Wildman–Crippen LogP) is 4.35. The minimum atomic E-state index is -4.60. The quantitative estimate of drug-likeness (QED) is 0.304. The van der Waals surface area contributed by atoms with Crippen LogP contribution >= 0.6 is 11.6 Å². The van der Waals surface area contributed by atoms with Gasteiger partial charge in [-0.3, -0.25) is 14.4 Å². The van der Waals surface area contributed by atoms with Crippen molar-refractivity contribution in [1.29, 1.82) is 0 Å². The molecule has 0 bridgehead atoms. The summed E-state index contributed by atoms with van der Waals surface area (Å²) in [5, 5.41) is 17.6. The molecule has 270 valence electrons. The van der Waals surface area contributed by atoms with Gasteiger partial charge in [0.1, 0.15) is 12.9 Å². The number of rotatable bonds is 5. The number of aryl methyl sites for hydroxylation is 1. The standard InChI is InChI=1S/C35H32ClF3N8O5/c1-15-24-25(15)34(7-8-45(22-12-19(22)34)32(51)27-29(49)16(2)40-14-41-27)26-28(24)46(13-23(48)42-21-4-3-18(11-20(21)36)35(37,38)39)33-43-30(44-47(33)31(26)50)17-5-9-52-10-6-17/h3-5,11,14-15,19,22,24-25,49H,6-10,12-13H2,1-2H3,(H,42,48)/t15-,19+,22-,24+,25-,34+/m0/s1. The molecule has 13 nitrogen and oxygen atoms in total. The number of piperidine rings is 1. The number of alkyl halides is 3. The van der Waals surface area contributed by atoms with Gasteiger partial charge in [0.2, 0.25) is 11.7 Å². The fourth-order valence-electron chi connectivity index (χ4n) is 9.32. The number of likely N-dealkylation sites (tertiary alicyclic amines) is 1. The van der Waals surface area contributed by atoms with Gasteiger partial charge in [0, 0.05) is 35.2 Å². The third-order valence-corrected chi connectivity index (χ3v) is 12.0. The maximum atomic E-state index is 14.7. The number of nitrogens with zero attached hydrogens (tertiary/aromatic N) is 7. The first-order valence-corrected chi connectivity index (χ1v) is 17.5. The molecule has 1 spiro atoms. The molecule has 0 radical (unpaired) electrons. The van der Waals surface area contributed by atoms with E-state index in [0.29, 0.717) is 61.8 Å². The van der Waals surface area contributed by atoms with Crippen molar-refractivity contribution in [3.05, 3.63) is 80.0 Å². The zero-order valence-corrected chi connectivity index (χ0v) is 28.7. The fraction of sp³-hybridized carbons (Fsp3) is 0.457. The lowest BCUT2D eigenvalue weighted by Crippen LogP contribution is -2.50. The highest BCUT2D eigenvalue weighted by atomic mass is 35.5. The minimum Gasteiger partial charge on any atom is -0.504 e. The highest BCUT2D eigenvalue weighted by Gasteiger charge is 2.75. The Morgan fingerprint density at radius 2 is 2.04 bits per heavy atom. The van der Waals surface area contributed by atoms with Crippen LogP contribution < -0.4 is 10.9 Å². The van der Waals surface area contributed by atoms with E-state index in [1.807, 2.05) is 6.08 Å². The fourth-order valence-corrected chi connectivity index (χ4v) is 9.54. The second-order valence-electron chi connectivity index (χ2n) is 14.4. The molecule has 0 unspecified atom stereocenters. The highest BCUT2D eigenvalue weighted by Crippen LogP contribution is 2.76. The zero-order chi connectivity index (χ0) is 36.4. The van der Waals surface area contributed by atoms with Crippen molar-refractivity contribution in [2.75, 3.05) is 25.1 Å². The molecular formula is C35H32ClF3N8O5. The molecule has 2 amide bonds. The number of ether oxygens (including phenoxy) is 1. The molecule has 1 aromatic carbocycles. The summed E-state index contributed by atoms with van der Waals surface area (Å²) in [6.07, 6.45) is 0.193. The van der Waals surface area contributed by atoms with Gasteiger partial charge in [-0.05, 0) is 67.7 Å². The summed E-state index contributed by atoms with van der Waals surface area (Å²) in [5.74, 6) is -0.530. The summed E-state index contributed by atoms with van der Waals surface area (Å²) < 4.78 is 48.3. The molecule has 4 aromatic rings. The predicted molar refractivity (Wildman–Crippen MR) is 179 cm³/mol. The van der Waals surface area contributed by atoms with Crippen LogP contribution in [0.2, 0.25) is 5.02 Å². The first-order valence-electron chi connectivity index (χ1n) is 17.1. The number of carbonyl (C=O) groups is 2. The Balaban J connectivity index is 1.12. The van der Waals surface area contributed by atoms with Crippen molar-refractivity contribution in [2.24, 2.45) is 17.8 Å². The smallest absolute Gasteiger partial charge is 0.416 e. The number of hydrogen-bond acceptors (Lipinski definition) is 9. The van der Waals surface area contributed by atoms with E-state index in [2.05, 4.69) is 27.3 Å². The van der Waals surface area contributed by atoms with Gasteiger partial charge >= 0.3 is 6.18 Å². The first-order chi connectivity index (χ1) is 24.8. The summed E-state index contributed by atoms with van der Waals surface area (Å²) in [4.78, 5) is 56.7. The Hall–Kier alpha value is -4.83. The van der Waals surface area contributed by atoms with Crippen LogP contribution in [0.25, 0.3) is 11.4 Å². The molecule has 3 aromatic heterocycles. The summed E-state index contributed by atoms with van der Waals surface area (Å²) in [5.41, 5.74) is 0.511. The van der Waals surface area contributed by atoms with E-state index in [9.17, 15) is 32.7 Å². The molecule has 17 heteroatoms. The van der Waals surface area contributed by atoms with Gasteiger partial charge in [-0.1, -0.05) is 24.6 Å². The van der Waals surface area contributed by atoms with Crippen molar-refractivity contribution in [3.8, 4) is 5.75 Å². The monoisotopic (exact) mass is 736 g/mol. The van der Waals surface area contributed by atoms with E-state index in [1.165, 1.54) is 10.8 Å². The normalized spacial score (nSPS) is 27.2. The number of amides is 2. The Bertz CT molecular complexity index is 2320. The number of nitrogens with one attached hydrogen (secondary N) is 1. The number of halogens is 4. The molecule has 52 heavy (non-hydrogen) atoms. The number of fused-ring (bicyclic) bond motifs is 8. The molecule has 3 aliphatic carbocycles. The highest BCUT2D eigenvalue weighted by molar-refractivity contribution is 6.33.